The monoisotopic (exact) mass is 418 g/mol. The lowest BCUT2D eigenvalue weighted by Crippen LogP contribution is -2.29. The lowest BCUT2D eigenvalue weighted by Gasteiger charge is -2.38. The number of ether oxygens (including phenoxy) is 1. The molecule has 2 aliphatic rings. The molecule has 0 bridgehead atoms. The molecule has 1 N–H and O–H groups in total. The Morgan fingerprint density at radius 3 is 2.63 bits per heavy atom. The van der Waals surface area contributed by atoms with Crippen LogP contribution in [-0.4, -0.2) is 4.92 Å². The second-order valence-electron chi connectivity index (χ2n) is 7.60. The van der Waals surface area contributed by atoms with Crippen molar-refractivity contribution < 1.29 is 9.66 Å². The van der Waals surface area contributed by atoms with Crippen molar-refractivity contribution in [3.8, 4) is 11.5 Å². The zero-order chi connectivity index (χ0) is 20.7. The quantitative estimate of drug-likeness (QED) is 0.285. The first-order valence-corrected chi connectivity index (χ1v) is 10.2. The molecular weight excluding hydrogens is 400 g/mol. The molecule has 0 unspecified atom stereocenters. The number of benzene rings is 3. The summed E-state index contributed by atoms with van der Waals surface area (Å²) in [7, 11) is 0. The summed E-state index contributed by atoms with van der Waals surface area (Å²) in [6.45, 7) is 0. The van der Waals surface area contributed by atoms with Crippen molar-refractivity contribution in [1.82, 2.24) is 0 Å². The number of non-ortho nitro benzene ring substituents is 1. The van der Waals surface area contributed by atoms with Gasteiger partial charge in [-0.05, 0) is 54.3 Å². The summed E-state index contributed by atoms with van der Waals surface area (Å²) in [5, 5.41) is 15.4. The number of nitro groups is 1. The predicted octanol–water partition coefficient (Wildman–Crippen LogP) is 6.87. The molecule has 30 heavy (non-hydrogen) atoms. The molecule has 0 spiro atoms. The molecule has 150 valence electrons. The Balaban J connectivity index is 1.51. The number of nitrogens with one attached hydrogen (secondary N) is 1. The zero-order valence-corrected chi connectivity index (χ0v) is 16.8. The number of nitro benzene ring substituents is 1. The van der Waals surface area contributed by atoms with Crippen LogP contribution in [0.1, 0.15) is 29.5 Å². The number of hydrogen-bond donors (Lipinski definition) is 1. The van der Waals surface area contributed by atoms with Crippen molar-refractivity contribution in [3.05, 3.63) is 105 Å². The Bertz CT molecular complexity index is 1150. The summed E-state index contributed by atoms with van der Waals surface area (Å²) in [6.07, 6.45) is 5.27. The number of hydrogen-bond acceptors (Lipinski definition) is 4. The highest BCUT2D eigenvalue weighted by molar-refractivity contribution is 6.31. The SMILES string of the molecule is O=[N+]([O-])c1ccc(Cl)c([C@@H]2Nc3ccc(Oc4ccccc4)cc3[C@@H]3C=CC[C@@H]32)c1. The molecule has 0 radical (unpaired) electrons. The predicted molar refractivity (Wildman–Crippen MR) is 117 cm³/mol. The van der Waals surface area contributed by atoms with Crippen LogP contribution in [0.5, 0.6) is 11.5 Å². The van der Waals surface area contributed by atoms with Crippen LogP contribution in [0.25, 0.3) is 0 Å². The van der Waals surface area contributed by atoms with Crippen molar-refractivity contribution in [3.63, 3.8) is 0 Å². The van der Waals surface area contributed by atoms with Crippen LogP contribution in [0.4, 0.5) is 11.4 Å². The van der Waals surface area contributed by atoms with Crippen molar-refractivity contribution in [2.24, 2.45) is 5.92 Å². The van der Waals surface area contributed by atoms with Gasteiger partial charge in [0, 0.05) is 34.3 Å². The maximum Gasteiger partial charge on any atom is 0.269 e. The third-order valence-corrected chi connectivity index (χ3v) is 6.18. The van der Waals surface area contributed by atoms with Crippen molar-refractivity contribution in [2.75, 3.05) is 5.32 Å². The van der Waals surface area contributed by atoms with Gasteiger partial charge in [0.2, 0.25) is 0 Å². The number of fused-ring (bicyclic) bond motifs is 3. The van der Waals surface area contributed by atoms with Gasteiger partial charge in [0.05, 0.1) is 11.0 Å². The number of para-hydroxylation sites is 1. The molecule has 1 aliphatic carbocycles. The molecule has 3 aromatic rings. The normalized spacial score (nSPS) is 21.4. The van der Waals surface area contributed by atoms with E-state index in [1.807, 2.05) is 42.5 Å². The average molecular weight is 419 g/mol. The molecule has 1 heterocycles. The van der Waals surface area contributed by atoms with Gasteiger partial charge in [0.25, 0.3) is 5.69 Å². The molecule has 0 saturated heterocycles. The summed E-state index contributed by atoms with van der Waals surface area (Å²) in [6, 6.07) is 20.3. The summed E-state index contributed by atoms with van der Waals surface area (Å²) in [4.78, 5) is 10.9. The smallest absolute Gasteiger partial charge is 0.269 e. The molecule has 5 rings (SSSR count). The lowest BCUT2D eigenvalue weighted by molar-refractivity contribution is -0.384. The second kappa shape index (κ2) is 7.50. The Morgan fingerprint density at radius 1 is 1.00 bits per heavy atom. The Hall–Kier alpha value is -3.31. The standard InChI is InChI=1S/C24H19ClN2O3/c25-22-11-9-15(27(28)29)13-21(22)24-19-8-4-7-18(19)20-14-17(10-12-23(20)26-24)30-16-5-2-1-3-6-16/h1-7,9-14,18-19,24,26H,8H2/t18-,19+,24-/m1/s1. The van der Waals surface area contributed by atoms with Crippen LogP contribution in [0, 0.1) is 16.0 Å². The number of anilines is 1. The molecule has 3 atom stereocenters. The highest BCUT2D eigenvalue weighted by Crippen LogP contribution is 2.51. The largest absolute Gasteiger partial charge is 0.457 e. The van der Waals surface area contributed by atoms with E-state index in [0.717, 1.165) is 29.2 Å². The van der Waals surface area contributed by atoms with Gasteiger partial charge < -0.3 is 10.1 Å². The van der Waals surface area contributed by atoms with E-state index < -0.39 is 0 Å². The molecule has 0 saturated carbocycles. The van der Waals surface area contributed by atoms with E-state index in [-0.39, 0.29) is 28.5 Å². The van der Waals surface area contributed by atoms with E-state index in [0.29, 0.717) is 5.02 Å². The van der Waals surface area contributed by atoms with Crippen LogP contribution in [-0.2, 0) is 0 Å². The first-order chi connectivity index (χ1) is 14.6. The highest BCUT2D eigenvalue weighted by atomic mass is 35.5. The Morgan fingerprint density at radius 2 is 1.83 bits per heavy atom. The number of halogens is 1. The molecular formula is C24H19ClN2O3. The molecule has 0 amide bonds. The van der Waals surface area contributed by atoms with Crippen molar-refractivity contribution in [2.45, 2.75) is 18.4 Å². The van der Waals surface area contributed by atoms with Crippen LogP contribution in [0.2, 0.25) is 5.02 Å². The van der Waals surface area contributed by atoms with E-state index in [1.54, 1.807) is 12.1 Å². The van der Waals surface area contributed by atoms with E-state index in [9.17, 15) is 10.1 Å². The third kappa shape index (κ3) is 3.31. The van der Waals surface area contributed by atoms with Gasteiger partial charge in [-0.15, -0.1) is 0 Å². The van der Waals surface area contributed by atoms with Gasteiger partial charge in [0.1, 0.15) is 11.5 Å². The summed E-state index contributed by atoms with van der Waals surface area (Å²) in [5.41, 5.74) is 2.98. The molecule has 0 aromatic heterocycles. The van der Waals surface area contributed by atoms with E-state index >= 15 is 0 Å². The Kier molecular flexibility index (Phi) is 4.68. The highest BCUT2D eigenvalue weighted by Gasteiger charge is 2.39. The topological polar surface area (TPSA) is 64.4 Å². The van der Waals surface area contributed by atoms with E-state index in [2.05, 4.69) is 23.5 Å². The van der Waals surface area contributed by atoms with Crippen LogP contribution < -0.4 is 10.1 Å². The van der Waals surface area contributed by atoms with Crippen LogP contribution in [0.15, 0.2) is 78.9 Å². The summed E-state index contributed by atoms with van der Waals surface area (Å²) < 4.78 is 6.02. The fraction of sp³-hybridized carbons (Fsp3) is 0.167. The second-order valence-corrected chi connectivity index (χ2v) is 8.01. The minimum atomic E-state index is -0.381. The molecule has 1 aliphatic heterocycles. The minimum Gasteiger partial charge on any atom is -0.457 e. The number of nitrogens with zero attached hydrogens (tertiary/aromatic N) is 1. The summed E-state index contributed by atoms with van der Waals surface area (Å²) in [5.74, 6) is 2.00. The first kappa shape index (κ1) is 18.7. The molecule has 3 aromatic carbocycles. The zero-order valence-electron chi connectivity index (χ0n) is 16.0. The average Bonchev–Trinajstić information content (AvgIpc) is 3.25. The van der Waals surface area contributed by atoms with Crippen molar-refractivity contribution in [1.29, 1.82) is 0 Å². The van der Waals surface area contributed by atoms with Crippen LogP contribution >= 0.6 is 11.6 Å². The fourth-order valence-corrected chi connectivity index (χ4v) is 4.69. The van der Waals surface area contributed by atoms with Crippen LogP contribution in [0.3, 0.4) is 0 Å². The van der Waals surface area contributed by atoms with Gasteiger partial charge in [0.15, 0.2) is 0 Å². The maximum atomic E-state index is 11.3. The summed E-state index contributed by atoms with van der Waals surface area (Å²) >= 11 is 6.46. The third-order valence-electron chi connectivity index (χ3n) is 5.84. The molecule has 0 fully saturated rings. The van der Waals surface area contributed by atoms with Gasteiger partial charge in [-0.1, -0.05) is 42.0 Å². The van der Waals surface area contributed by atoms with Gasteiger partial charge >= 0.3 is 0 Å². The van der Waals surface area contributed by atoms with Crippen molar-refractivity contribution >= 4 is 23.0 Å². The van der Waals surface area contributed by atoms with Gasteiger partial charge in [-0.2, -0.15) is 0 Å². The molecule has 5 nitrogen and oxygen atoms in total. The number of allylic oxidation sites excluding steroid dienone is 2. The van der Waals surface area contributed by atoms with Gasteiger partial charge in [-0.25, -0.2) is 0 Å². The number of rotatable bonds is 4. The van der Waals surface area contributed by atoms with E-state index in [1.165, 1.54) is 11.6 Å². The Labute approximate surface area is 179 Å². The fourth-order valence-electron chi connectivity index (χ4n) is 4.45. The van der Waals surface area contributed by atoms with E-state index in [4.69, 9.17) is 16.3 Å². The first-order valence-electron chi connectivity index (χ1n) is 9.84. The van der Waals surface area contributed by atoms with Gasteiger partial charge in [-0.3, -0.25) is 10.1 Å². The minimum absolute atomic E-state index is 0.0520. The lowest BCUT2D eigenvalue weighted by atomic mass is 9.77. The maximum absolute atomic E-state index is 11.3. The molecule has 6 heteroatoms.